The van der Waals surface area contributed by atoms with Crippen molar-refractivity contribution in [2.75, 3.05) is 6.54 Å². The number of aromatic nitrogens is 1. The molecule has 2 nitrogen and oxygen atoms in total. The summed E-state index contributed by atoms with van der Waals surface area (Å²) in [5.41, 5.74) is 5.77. The van der Waals surface area contributed by atoms with Gasteiger partial charge in [0.15, 0.2) is 0 Å². The fraction of sp³-hybridized carbons (Fsp3) is 0.421. The molecule has 1 aromatic heterocycles. The minimum Gasteiger partial charge on any atom is -0.310 e. The quantitative estimate of drug-likeness (QED) is 0.920. The first kappa shape index (κ1) is 14.3. The smallest absolute Gasteiger partial charge is 0.0369 e. The van der Waals surface area contributed by atoms with E-state index in [0.717, 1.165) is 6.54 Å². The molecule has 0 saturated carbocycles. The molecule has 2 heteroatoms. The normalized spacial score (nSPS) is 19.0. The van der Waals surface area contributed by atoms with Crippen molar-refractivity contribution in [1.29, 1.82) is 0 Å². The Labute approximate surface area is 127 Å². The lowest BCUT2D eigenvalue weighted by Crippen LogP contribution is -2.32. The number of nitrogens with one attached hydrogen (secondary N) is 1. The van der Waals surface area contributed by atoms with Gasteiger partial charge in [0, 0.05) is 18.4 Å². The summed E-state index contributed by atoms with van der Waals surface area (Å²) in [6, 6.07) is 11.4. The standard InChI is InChI=1S/C19H24N2/c1-3-21-19(18-13-20-11-10-14(18)2)17-9-8-15-6-4-5-7-16(15)12-17/h4-7,10-11,13,17,19,21H,3,8-9,12H2,1-2H3. The summed E-state index contributed by atoms with van der Waals surface area (Å²) < 4.78 is 0. The number of aryl methyl sites for hydroxylation is 2. The molecule has 0 spiro atoms. The second kappa shape index (κ2) is 6.40. The van der Waals surface area contributed by atoms with Gasteiger partial charge in [-0.15, -0.1) is 0 Å². The summed E-state index contributed by atoms with van der Waals surface area (Å²) in [7, 11) is 0. The highest BCUT2D eigenvalue weighted by Crippen LogP contribution is 2.34. The fourth-order valence-corrected chi connectivity index (χ4v) is 3.56. The second-order valence-electron chi connectivity index (χ2n) is 6.04. The molecular weight excluding hydrogens is 256 g/mol. The van der Waals surface area contributed by atoms with Crippen LogP contribution in [0.1, 0.15) is 41.6 Å². The Morgan fingerprint density at radius 3 is 2.81 bits per heavy atom. The van der Waals surface area contributed by atoms with Gasteiger partial charge in [-0.1, -0.05) is 31.2 Å². The minimum atomic E-state index is 0.414. The van der Waals surface area contributed by atoms with Gasteiger partial charge in [-0.3, -0.25) is 4.98 Å². The van der Waals surface area contributed by atoms with Crippen molar-refractivity contribution in [3.05, 3.63) is 65.0 Å². The lowest BCUT2D eigenvalue weighted by atomic mass is 9.77. The van der Waals surface area contributed by atoms with Crippen LogP contribution in [0.25, 0.3) is 0 Å². The predicted molar refractivity (Wildman–Crippen MR) is 87.3 cm³/mol. The first-order chi connectivity index (χ1) is 10.3. The molecule has 0 radical (unpaired) electrons. The maximum atomic E-state index is 4.35. The zero-order valence-corrected chi connectivity index (χ0v) is 13.0. The van der Waals surface area contributed by atoms with Gasteiger partial charge < -0.3 is 5.32 Å². The van der Waals surface area contributed by atoms with Gasteiger partial charge >= 0.3 is 0 Å². The fourth-order valence-electron chi connectivity index (χ4n) is 3.56. The van der Waals surface area contributed by atoms with Crippen LogP contribution >= 0.6 is 0 Å². The maximum absolute atomic E-state index is 4.35. The Morgan fingerprint density at radius 2 is 2.05 bits per heavy atom. The van der Waals surface area contributed by atoms with Gasteiger partial charge in [0.1, 0.15) is 0 Å². The van der Waals surface area contributed by atoms with E-state index in [1.165, 1.54) is 41.5 Å². The third-order valence-electron chi connectivity index (χ3n) is 4.70. The number of rotatable bonds is 4. The van der Waals surface area contributed by atoms with Gasteiger partial charge in [-0.25, -0.2) is 0 Å². The second-order valence-corrected chi connectivity index (χ2v) is 6.04. The van der Waals surface area contributed by atoms with Gasteiger partial charge in [0.2, 0.25) is 0 Å². The van der Waals surface area contributed by atoms with Crippen molar-refractivity contribution in [3.8, 4) is 0 Å². The Morgan fingerprint density at radius 1 is 1.24 bits per heavy atom. The van der Waals surface area contributed by atoms with Crippen molar-refractivity contribution in [3.63, 3.8) is 0 Å². The topological polar surface area (TPSA) is 24.9 Å². The van der Waals surface area contributed by atoms with E-state index in [1.807, 2.05) is 12.4 Å². The molecule has 2 atom stereocenters. The van der Waals surface area contributed by atoms with Crippen molar-refractivity contribution < 1.29 is 0 Å². The van der Waals surface area contributed by atoms with Crippen LogP contribution in [-0.2, 0) is 12.8 Å². The van der Waals surface area contributed by atoms with E-state index in [-0.39, 0.29) is 0 Å². The van der Waals surface area contributed by atoms with E-state index in [2.05, 4.69) is 54.5 Å². The SMILES string of the molecule is CCNC(c1cnccc1C)C1CCc2ccccc2C1. The molecule has 1 heterocycles. The van der Waals surface area contributed by atoms with E-state index in [0.29, 0.717) is 12.0 Å². The van der Waals surface area contributed by atoms with Gasteiger partial charge in [0.25, 0.3) is 0 Å². The average Bonchev–Trinajstić information content (AvgIpc) is 2.53. The molecule has 1 N–H and O–H groups in total. The number of hydrogen-bond acceptors (Lipinski definition) is 2. The number of benzene rings is 1. The highest BCUT2D eigenvalue weighted by molar-refractivity contribution is 5.32. The van der Waals surface area contributed by atoms with E-state index < -0.39 is 0 Å². The van der Waals surface area contributed by atoms with Crippen molar-refractivity contribution in [2.24, 2.45) is 5.92 Å². The molecule has 0 saturated heterocycles. The molecule has 21 heavy (non-hydrogen) atoms. The number of nitrogens with zero attached hydrogens (tertiary/aromatic N) is 1. The number of hydrogen-bond donors (Lipinski definition) is 1. The summed E-state index contributed by atoms with van der Waals surface area (Å²) in [5.74, 6) is 0.655. The molecule has 1 aromatic carbocycles. The molecule has 3 rings (SSSR count). The molecule has 0 aliphatic heterocycles. The van der Waals surface area contributed by atoms with Crippen LogP contribution in [0.5, 0.6) is 0 Å². The van der Waals surface area contributed by atoms with Crippen LogP contribution in [0, 0.1) is 12.8 Å². The molecule has 0 fully saturated rings. The Hall–Kier alpha value is -1.67. The van der Waals surface area contributed by atoms with Gasteiger partial charge in [0.05, 0.1) is 0 Å². The Bertz CT molecular complexity index is 606. The first-order valence-corrected chi connectivity index (χ1v) is 8.00. The lowest BCUT2D eigenvalue weighted by Gasteiger charge is -2.33. The van der Waals surface area contributed by atoms with Crippen LogP contribution in [-0.4, -0.2) is 11.5 Å². The monoisotopic (exact) mass is 280 g/mol. The number of pyridine rings is 1. The summed E-state index contributed by atoms with van der Waals surface area (Å²) >= 11 is 0. The lowest BCUT2D eigenvalue weighted by molar-refractivity contribution is 0.329. The van der Waals surface area contributed by atoms with Crippen LogP contribution in [0.15, 0.2) is 42.7 Å². The molecule has 1 aliphatic rings. The first-order valence-electron chi connectivity index (χ1n) is 8.00. The molecule has 0 bridgehead atoms. The third kappa shape index (κ3) is 3.01. The molecule has 0 amide bonds. The van der Waals surface area contributed by atoms with Crippen LogP contribution in [0.2, 0.25) is 0 Å². The van der Waals surface area contributed by atoms with Crippen molar-refractivity contribution in [2.45, 2.75) is 39.2 Å². The summed E-state index contributed by atoms with van der Waals surface area (Å²) in [4.78, 5) is 4.35. The van der Waals surface area contributed by atoms with Crippen LogP contribution in [0.3, 0.4) is 0 Å². The summed E-state index contributed by atoms with van der Waals surface area (Å²) in [5, 5.41) is 3.70. The van der Waals surface area contributed by atoms with E-state index >= 15 is 0 Å². The molecule has 2 unspecified atom stereocenters. The summed E-state index contributed by atoms with van der Waals surface area (Å²) in [6.45, 7) is 5.38. The van der Waals surface area contributed by atoms with E-state index in [4.69, 9.17) is 0 Å². The molecular formula is C19H24N2. The molecule has 2 aromatic rings. The van der Waals surface area contributed by atoms with Gasteiger partial charge in [-0.2, -0.15) is 0 Å². The van der Waals surface area contributed by atoms with E-state index in [9.17, 15) is 0 Å². The highest BCUT2D eigenvalue weighted by atomic mass is 14.9. The van der Waals surface area contributed by atoms with Crippen LogP contribution in [0.4, 0.5) is 0 Å². The molecule has 1 aliphatic carbocycles. The summed E-state index contributed by atoms with van der Waals surface area (Å²) in [6.07, 6.45) is 7.55. The zero-order chi connectivity index (χ0) is 14.7. The Balaban J connectivity index is 1.88. The van der Waals surface area contributed by atoms with E-state index in [1.54, 1.807) is 0 Å². The number of fused-ring (bicyclic) bond motifs is 1. The largest absolute Gasteiger partial charge is 0.310 e. The minimum absolute atomic E-state index is 0.414. The highest BCUT2D eigenvalue weighted by Gasteiger charge is 2.27. The van der Waals surface area contributed by atoms with Crippen molar-refractivity contribution >= 4 is 0 Å². The Kier molecular flexibility index (Phi) is 4.35. The zero-order valence-electron chi connectivity index (χ0n) is 13.0. The molecule has 110 valence electrons. The third-order valence-corrected chi connectivity index (χ3v) is 4.70. The predicted octanol–water partition coefficient (Wildman–Crippen LogP) is 3.85. The van der Waals surface area contributed by atoms with Gasteiger partial charge in [-0.05, 0) is 67.0 Å². The average molecular weight is 280 g/mol. The van der Waals surface area contributed by atoms with Crippen molar-refractivity contribution in [1.82, 2.24) is 10.3 Å². The maximum Gasteiger partial charge on any atom is 0.0369 e. The van der Waals surface area contributed by atoms with Crippen LogP contribution < -0.4 is 5.32 Å².